The van der Waals surface area contributed by atoms with E-state index in [4.69, 9.17) is 18.6 Å². The lowest BCUT2D eigenvalue weighted by Gasteiger charge is -2.42. The van der Waals surface area contributed by atoms with Gasteiger partial charge in [-0.05, 0) is 30.7 Å². The number of phenolic OH excluding ortho intramolecular Hbond substituents is 2. The summed E-state index contributed by atoms with van der Waals surface area (Å²) in [5.74, 6) is -2.70. The zero-order valence-corrected chi connectivity index (χ0v) is 22.4. The molecule has 2 aromatic carbocycles. The van der Waals surface area contributed by atoms with Gasteiger partial charge in [-0.2, -0.15) is 0 Å². The fourth-order valence-corrected chi connectivity index (χ4v) is 5.30. The van der Waals surface area contributed by atoms with E-state index in [9.17, 15) is 55.9 Å². The van der Waals surface area contributed by atoms with Crippen LogP contribution in [-0.2, 0) is 9.47 Å². The van der Waals surface area contributed by atoms with Crippen LogP contribution >= 0.6 is 0 Å². The summed E-state index contributed by atoms with van der Waals surface area (Å²) in [5, 5.41) is 101. The van der Waals surface area contributed by atoms with E-state index in [1.54, 1.807) is 0 Å². The summed E-state index contributed by atoms with van der Waals surface area (Å²) in [5.41, 5.74) is -0.869. The van der Waals surface area contributed by atoms with Gasteiger partial charge in [0.2, 0.25) is 11.2 Å². The molecule has 15 nitrogen and oxygen atoms in total. The van der Waals surface area contributed by atoms with Gasteiger partial charge in [-0.15, -0.1) is 0 Å². The van der Waals surface area contributed by atoms with Crippen LogP contribution in [0.4, 0.5) is 0 Å². The number of rotatable bonds is 7. The van der Waals surface area contributed by atoms with Crippen molar-refractivity contribution in [2.24, 2.45) is 5.92 Å². The van der Waals surface area contributed by atoms with Gasteiger partial charge in [0.15, 0.2) is 12.1 Å². The first-order valence-corrected chi connectivity index (χ1v) is 13.4. The Morgan fingerprint density at radius 2 is 1.51 bits per heavy atom. The first-order chi connectivity index (χ1) is 20.4. The van der Waals surface area contributed by atoms with Crippen LogP contribution < -0.4 is 10.2 Å². The summed E-state index contributed by atoms with van der Waals surface area (Å²) in [7, 11) is 0. The minimum Gasteiger partial charge on any atom is -0.508 e. The summed E-state index contributed by atoms with van der Waals surface area (Å²) < 4.78 is 22.3. The van der Waals surface area contributed by atoms with E-state index < -0.39 is 84.6 Å². The monoisotopic (exact) mass is 608 g/mol. The minimum atomic E-state index is -1.72. The lowest BCUT2D eigenvalue weighted by atomic mass is 9.81. The molecule has 2 fully saturated rings. The summed E-state index contributed by atoms with van der Waals surface area (Å²) >= 11 is 0. The van der Waals surface area contributed by atoms with E-state index in [-0.39, 0.29) is 46.8 Å². The van der Waals surface area contributed by atoms with Gasteiger partial charge in [-0.25, -0.2) is 0 Å². The Bertz CT molecular complexity index is 1490. The van der Waals surface area contributed by atoms with Gasteiger partial charge < -0.3 is 69.7 Å². The third-order valence-electron chi connectivity index (χ3n) is 7.76. The Kier molecular flexibility index (Phi) is 8.80. The quantitative estimate of drug-likeness (QED) is 0.142. The number of aliphatic hydroxyl groups excluding tert-OH is 7. The van der Waals surface area contributed by atoms with Crippen LogP contribution in [0.1, 0.15) is 6.42 Å². The van der Waals surface area contributed by atoms with E-state index >= 15 is 0 Å². The van der Waals surface area contributed by atoms with Crippen molar-refractivity contribution < 1.29 is 69.7 Å². The Balaban J connectivity index is 1.37. The molecule has 234 valence electrons. The molecule has 0 amide bonds. The van der Waals surface area contributed by atoms with Crippen molar-refractivity contribution in [3.8, 4) is 34.3 Å². The molecule has 1 aromatic heterocycles. The van der Waals surface area contributed by atoms with E-state index in [2.05, 4.69) is 0 Å². The van der Waals surface area contributed by atoms with Crippen molar-refractivity contribution >= 4 is 11.0 Å². The highest BCUT2D eigenvalue weighted by atomic mass is 16.7. The first kappa shape index (κ1) is 30.9. The average Bonchev–Trinajstić information content (AvgIpc) is 2.98. The maximum absolute atomic E-state index is 12.8. The number of benzene rings is 2. The lowest BCUT2D eigenvalue weighted by molar-refractivity contribution is -0.306. The average molecular weight is 609 g/mol. The van der Waals surface area contributed by atoms with E-state index in [0.29, 0.717) is 0 Å². The van der Waals surface area contributed by atoms with E-state index in [1.165, 1.54) is 30.3 Å². The number of ether oxygens (including phenoxy) is 3. The zero-order valence-electron chi connectivity index (χ0n) is 22.4. The molecule has 3 aromatic rings. The molecule has 2 aliphatic rings. The van der Waals surface area contributed by atoms with Gasteiger partial charge in [0.1, 0.15) is 70.9 Å². The number of aromatic hydroxyl groups is 3. The second kappa shape index (κ2) is 12.2. The third kappa shape index (κ3) is 5.86. The Labute approximate surface area is 242 Å². The third-order valence-corrected chi connectivity index (χ3v) is 7.76. The number of hydrogen-bond donors (Lipinski definition) is 10. The van der Waals surface area contributed by atoms with Gasteiger partial charge in [-0.3, -0.25) is 4.79 Å². The van der Waals surface area contributed by atoms with Crippen molar-refractivity contribution in [2.45, 2.75) is 61.5 Å². The normalized spacial score (nSPS) is 33.0. The van der Waals surface area contributed by atoms with Crippen LogP contribution in [0, 0.1) is 5.92 Å². The molecule has 1 saturated carbocycles. The highest BCUT2D eigenvalue weighted by Gasteiger charge is 2.47. The number of aliphatic hydroxyl groups is 7. The summed E-state index contributed by atoms with van der Waals surface area (Å²) in [6, 6.07) is 7.70. The number of fused-ring (bicyclic) bond motifs is 1. The Morgan fingerprint density at radius 3 is 2.19 bits per heavy atom. The first-order valence-electron chi connectivity index (χ1n) is 13.4. The second-order valence-electron chi connectivity index (χ2n) is 10.6. The van der Waals surface area contributed by atoms with Gasteiger partial charge in [0, 0.05) is 23.6 Å². The van der Waals surface area contributed by atoms with Crippen molar-refractivity contribution in [3.05, 3.63) is 46.6 Å². The Morgan fingerprint density at radius 1 is 0.837 bits per heavy atom. The van der Waals surface area contributed by atoms with Crippen LogP contribution in [0.25, 0.3) is 22.3 Å². The molecular weight excluding hydrogens is 576 g/mol. The van der Waals surface area contributed by atoms with Crippen molar-refractivity contribution in [1.29, 1.82) is 0 Å². The van der Waals surface area contributed by atoms with Crippen molar-refractivity contribution in [3.63, 3.8) is 0 Å². The van der Waals surface area contributed by atoms with Crippen LogP contribution in [-0.4, -0.2) is 119 Å². The van der Waals surface area contributed by atoms with E-state index in [1.807, 2.05) is 0 Å². The van der Waals surface area contributed by atoms with Gasteiger partial charge >= 0.3 is 0 Å². The number of phenols is 2. The highest BCUT2D eigenvalue weighted by Crippen LogP contribution is 2.37. The molecule has 15 heteroatoms. The summed E-state index contributed by atoms with van der Waals surface area (Å²) in [6.07, 6.45) is -13.9. The van der Waals surface area contributed by atoms with Crippen LogP contribution in [0.2, 0.25) is 0 Å². The molecule has 43 heavy (non-hydrogen) atoms. The highest BCUT2D eigenvalue weighted by molar-refractivity contribution is 5.88. The van der Waals surface area contributed by atoms with E-state index in [0.717, 1.165) is 6.07 Å². The van der Waals surface area contributed by atoms with Gasteiger partial charge in [-0.1, -0.05) is 0 Å². The maximum Gasteiger partial charge on any atom is 0.238 e. The SMILES string of the molecule is O=c1c(O)c(-c2ccc(O)cc2)oc2cc(OC3CC(COC4OC(CO)C(O)C(O)C4O)C(O)C(O)C3O)cc(O)c12. The molecule has 10 unspecified atom stereocenters. The number of hydrogen-bond acceptors (Lipinski definition) is 15. The largest absolute Gasteiger partial charge is 0.508 e. The predicted octanol–water partition coefficient (Wildman–Crippen LogP) is -1.76. The summed E-state index contributed by atoms with van der Waals surface area (Å²) in [4.78, 5) is 12.8. The van der Waals surface area contributed by atoms with Crippen molar-refractivity contribution in [2.75, 3.05) is 13.2 Å². The van der Waals surface area contributed by atoms with Crippen molar-refractivity contribution in [1.82, 2.24) is 0 Å². The van der Waals surface area contributed by atoms with Crippen LogP contribution in [0.3, 0.4) is 0 Å². The Hall–Kier alpha value is -3.51. The molecule has 0 bridgehead atoms. The summed E-state index contributed by atoms with van der Waals surface area (Å²) in [6.45, 7) is -1.05. The molecule has 10 N–H and O–H groups in total. The molecule has 10 atom stereocenters. The molecular formula is C28H32O15. The van der Waals surface area contributed by atoms with Gasteiger partial charge in [0.25, 0.3) is 0 Å². The molecule has 1 aliphatic heterocycles. The maximum atomic E-state index is 12.8. The molecule has 5 rings (SSSR count). The zero-order chi connectivity index (χ0) is 31.2. The molecule has 0 spiro atoms. The minimum absolute atomic E-state index is 0.0602. The lowest BCUT2D eigenvalue weighted by Crippen LogP contribution is -2.60. The van der Waals surface area contributed by atoms with Crippen LogP contribution in [0.15, 0.2) is 45.6 Å². The topological polar surface area (TPSA) is 260 Å². The predicted molar refractivity (Wildman–Crippen MR) is 143 cm³/mol. The van der Waals surface area contributed by atoms with Gasteiger partial charge in [0.05, 0.1) is 19.3 Å². The smallest absolute Gasteiger partial charge is 0.238 e. The molecule has 1 aliphatic carbocycles. The standard InChI is InChI=1S/C28H32O15/c29-8-17-21(34)24(37)26(39)28(43-17)40-9-11-5-16(20(33)23(36)19(11)32)41-13-6-14(31)18-15(7-13)42-27(25(38)22(18)35)10-1-3-12(30)4-2-10/h1-4,6-7,11,16-17,19-21,23-24,26,28-34,36-39H,5,8-9H2. The molecule has 0 radical (unpaired) electrons. The fourth-order valence-electron chi connectivity index (χ4n) is 5.30. The second-order valence-corrected chi connectivity index (χ2v) is 10.6. The fraction of sp³-hybridized carbons (Fsp3) is 0.464. The van der Waals surface area contributed by atoms with Crippen LogP contribution in [0.5, 0.6) is 23.0 Å². The molecule has 1 saturated heterocycles. The molecule has 2 heterocycles.